The number of hydrogen-bond donors (Lipinski definition) is 3. The van der Waals surface area contributed by atoms with Crippen molar-refractivity contribution in [1.82, 2.24) is 10.6 Å². The first-order chi connectivity index (χ1) is 18.9. The molecule has 0 aliphatic carbocycles. The van der Waals surface area contributed by atoms with Crippen LogP contribution in [0.3, 0.4) is 0 Å². The summed E-state index contributed by atoms with van der Waals surface area (Å²) in [5.41, 5.74) is 0.417. The minimum absolute atomic E-state index is 0.00751. The Kier molecular flexibility index (Phi) is 12.0. The van der Waals surface area contributed by atoms with Gasteiger partial charge in [-0.25, -0.2) is 0 Å². The first-order valence-corrected chi connectivity index (χ1v) is 15.0. The van der Waals surface area contributed by atoms with E-state index in [9.17, 15) is 19.5 Å². The maximum atomic E-state index is 12.4. The van der Waals surface area contributed by atoms with Crippen LogP contribution in [0.4, 0.5) is 0 Å². The fourth-order valence-electron chi connectivity index (χ4n) is 5.16. The van der Waals surface area contributed by atoms with E-state index in [-0.39, 0.29) is 47.4 Å². The van der Waals surface area contributed by atoms with Gasteiger partial charge in [0.15, 0.2) is 0 Å². The summed E-state index contributed by atoms with van der Waals surface area (Å²) in [6.45, 7) is 9.94. The quantitative estimate of drug-likeness (QED) is 0.105. The molecule has 3 N–H and O–H groups in total. The normalized spacial score (nSPS) is 35.1. The van der Waals surface area contributed by atoms with Crippen molar-refractivity contribution in [2.24, 2.45) is 5.92 Å². The number of hydrogen-bond acceptors (Lipinski definition) is 8. The van der Waals surface area contributed by atoms with Crippen molar-refractivity contribution in [2.75, 3.05) is 18.5 Å². The molecule has 1 spiro atoms. The van der Waals surface area contributed by atoms with Gasteiger partial charge in [0.25, 0.3) is 0 Å². The molecule has 3 aliphatic heterocycles. The maximum Gasteiger partial charge on any atom is 0.303 e. The SMILES string of the molecule is CC(=O)O[C@@H](C)C=CC(=O)N[C@@H]1C[C@H](C)[C@H](CC=C(C)C=C[C@H]2O[C@H](CNC(=O)CBr)C[C@@]3(CO3)[C@@H]2O)O[C@@H]1C. The Labute approximate surface area is 245 Å². The Morgan fingerprint density at radius 1 is 1.20 bits per heavy atom. The summed E-state index contributed by atoms with van der Waals surface area (Å²) in [5.74, 6) is -0.529. The molecule has 3 heterocycles. The van der Waals surface area contributed by atoms with Crippen LogP contribution in [-0.4, -0.2) is 89.6 Å². The largest absolute Gasteiger partial charge is 0.459 e. The minimum atomic E-state index is -0.769. The molecule has 0 bridgehead atoms. The van der Waals surface area contributed by atoms with Gasteiger partial charge in [-0.05, 0) is 45.6 Å². The lowest BCUT2D eigenvalue weighted by atomic mass is 9.87. The third-order valence-electron chi connectivity index (χ3n) is 7.57. The van der Waals surface area contributed by atoms with Crippen LogP contribution in [0.2, 0.25) is 0 Å². The van der Waals surface area contributed by atoms with Gasteiger partial charge in [0.2, 0.25) is 11.8 Å². The summed E-state index contributed by atoms with van der Waals surface area (Å²) in [6.07, 6.45) is 8.70. The highest BCUT2D eigenvalue weighted by Crippen LogP contribution is 2.42. The van der Waals surface area contributed by atoms with E-state index in [0.29, 0.717) is 26.0 Å². The monoisotopic (exact) mass is 626 g/mol. The molecule has 11 heteroatoms. The van der Waals surface area contributed by atoms with Gasteiger partial charge in [0.05, 0.1) is 36.3 Å². The van der Waals surface area contributed by atoms with Gasteiger partial charge < -0.3 is 34.7 Å². The van der Waals surface area contributed by atoms with Crippen LogP contribution in [0.15, 0.2) is 36.0 Å². The van der Waals surface area contributed by atoms with Crippen molar-refractivity contribution in [3.63, 3.8) is 0 Å². The summed E-state index contributed by atoms with van der Waals surface area (Å²) in [5, 5.41) is 16.8. The lowest BCUT2D eigenvalue weighted by Crippen LogP contribution is -2.52. The second-order valence-electron chi connectivity index (χ2n) is 11.1. The number of allylic oxidation sites excluding steroid dienone is 2. The molecule has 0 aromatic heterocycles. The third kappa shape index (κ3) is 9.51. The first kappa shape index (κ1) is 32.5. The van der Waals surface area contributed by atoms with Gasteiger partial charge >= 0.3 is 5.97 Å². The number of esters is 1. The molecule has 3 rings (SSSR count). The van der Waals surface area contributed by atoms with Crippen molar-refractivity contribution >= 4 is 33.7 Å². The Hall–Kier alpha value is -2.05. The molecule has 0 aromatic rings. The Morgan fingerprint density at radius 2 is 1.93 bits per heavy atom. The predicted molar refractivity (Wildman–Crippen MR) is 153 cm³/mol. The molecule has 0 saturated carbocycles. The van der Waals surface area contributed by atoms with Crippen LogP contribution in [-0.2, 0) is 33.3 Å². The summed E-state index contributed by atoms with van der Waals surface area (Å²) >= 11 is 3.14. The number of ether oxygens (including phenoxy) is 4. The molecule has 10 nitrogen and oxygen atoms in total. The van der Waals surface area contributed by atoms with Crippen LogP contribution >= 0.6 is 15.9 Å². The van der Waals surface area contributed by atoms with Gasteiger partial charge in [0.1, 0.15) is 23.9 Å². The number of amides is 2. The summed E-state index contributed by atoms with van der Waals surface area (Å²) in [6, 6.07) is -0.119. The lowest BCUT2D eigenvalue weighted by molar-refractivity contribution is -0.143. The zero-order valence-electron chi connectivity index (χ0n) is 23.9. The third-order valence-corrected chi connectivity index (χ3v) is 8.08. The number of rotatable bonds is 11. The van der Waals surface area contributed by atoms with Crippen LogP contribution in [0.25, 0.3) is 0 Å². The van der Waals surface area contributed by atoms with Gasteiger partial charge in [-0.15, -0.1) is 0 Å². The van der Waals surface area contributed by atoms with Crippen LogP contribution in [0.5, 0.6) is 0 Å². The summed E-state index contributed by atoms with van der Waals surface area (Å²) in [7, 11) is 0. The number of alkyl halides is 1. The van der Waals surface area contributed by atoms with Gasteiger partial charge in [-0.2, -0.15) is 0 Å². The number of aliphatic hydroxyl groups excluding tert-OH is 1. The van der Waals surface area contributed by atoms with E-state index in [0.717, 1.165) is 12.0 Å². The van der Waals surface area contributed by atoms with Crippen LogP contribution in [0, 0.1) is 5.92 Å². The Morgan fingerprint density at radius 3 is 2.58 bits per heavy atom. The van der Waals surface area contributed by atoms with E-state index in [4.69, 9.17) is 18.9 Å². The van der Waals surface area contributed by atoms with E-state index in [1.807, 2.05) is 26.0 Å². The first-order valence-electron chi connectivity index (χ1n) is 13.9. The smallest absolute Gasteiger partial charge is 0.303 e. The molecule has 9 atom stereocenters. The molecule has 3 fully saturated rings. The number of halogens is 1. The molecule has 0 radical (unpaired) electrons. The molecule has 3 saturated heterocycles. The van der Waals surface area contributed by atoms with Crippen molar-refractivity contribution < 1.29 is 38.4 Å². The van der Waals surface area contributed by atoms with Crippen molar-refractivity contribution in [3.8, 4) is 0 Å². The Bertz CT molecular complexity index is 995. The van der Waals surface area contributed by atoms with Gasteiger partial charge in [-0.3, -0.25) is 14.4 Å². The van der Waals surface area contributed by atoms with Gasteiger partial charge in [0, 0.05) is 26.0 Å². The highest BCUT2D eigenvalue weighted by molar-refractivity contribution is 9.09. The molecule has 2 amide bonds. The van der Waals surface area contributed by atoms with E-state index in [1.54, 1.807) is 13.0 Å². The number of carbonyl (C=O) groups excluding carboxylic acids is 3. The second kappa shape index (κ2) is 14.7. The number of aliphatic hydroxyl groups is 1. The number of nitrogens with one attached hydrogen (secondary N) is 2. The van der Waals surface area contributed by atoms with E-state index in [2.05, 4.69) is 39.6 Å². The highest BCUT2D eigenvalue weighted by Gasteiger charge is 2.58. The zero-order valence-corrected chi connectivity index (χ0v) is 25.5. The molecule has 3 aliphatic rings. The van der Waals surface area contributed by atoms with Crippen LogP contribution < -0.4 is 10.6 Å². The van der Waals surface area contributed by atoms with E-state index >= 15 is 0 Å². The number of carbonyl (C=O) groups is 3. The van der Waals surface area contributed by atoms with Crippen molar-refractivity contribution in [1.29, 1.82) is 0 Å². The average molecular weight is 628 g/mol. The van der Waals surface area contributed by atoms with Gasteiger partial charge in [-0.1, -0.05) is 46.7 Å². The fourth-order valence-corrected chi connectivity index (χ4v) is 5.36. The number of epoxide rings is 1. The summed E-state index contributed by atoms with van der Waals surface area (Å²) in [4.78, 5) is 35.0. The molecule has 224 valence electrons. The maximum absolute atomic E-state index is 12.4. The lowest BCUT2D eigenvalue weighted by Gasteiger charge is -2.39. The molecule has 40 heavy (non-hydrogen) atoms. The Balaban J connectivity index is 1.49. The zero-order chi connectivity index (χ0) is 29.4. The van der Waals surface area contributed by atoms with Crippen molar-refractivity contribution in [2.45, 2.75) is 102 Å². The van der Waals surface area contributed by atoms with Crippen molar-refractivity contribution in [3.05, 3.63) is 36.0 Å². The van der Waals surface area contributed by atoms with E-state index in [1.165, 1.54) is 13.0 Å². The fraction of sp³-hybridized carbons (Fsp3) is 0.690. The standard InChI is InChI=1S/C29H43BrN2O8/c1-17(7-10-25-28(36)29(16-37-29)13-22(40-25)15-31-27(35)14-30)6-9-24-18(2)12-23(20(4)39-24)32-26(34)11-8-19(3)38-21(5)33/h6-8,10-11,18-20,22-25,28,36H,9,12-16H2,1-5H3,(H,31,35)(H,32,34)/t18-,19-,20+,22-,23+,24-,25+,28+,29+/m0/s1. The minimum Gasteiger partial charge on any atom is -0.459 e. The molecule has 0 unspecified atom stereocenters. The molecular formula is C29H43BrN2O8. The predicted octanol–water partition coefficient (Wildman–Crippen LogP) is 2.48. The molecule has 0 aromatic carbocycles. The second-order valence-corrected chi connectivity index (χ2v) is 11.6. The van der Waals surface area contributed by atoms with E-state index < -0.39 is 29.9 Å². The average Bonchev–Trinajstić information content (AvgIpc) is 3.67. The highest BCUT2D eigenvalue weighted by atomic mass is 79.9. The molecular weight excluding hydrogens is 584 g/mol. The topological polar surface area (TPSA) is 136 Å². The summed E-state index contributed by atoms with van der Waals surface area (Å²) < 4.78 is 22.9. The van der Waals surface area contributed by atoms with Crippen LogP contribution in [0.1, 0.15) is 53.9 Å².